The maximum Gasteiger partial charge on any atom is 0.184 e. The minimum absolute atomic E-state index is 0.0459. The lowest BCUT2D eigenvalue weighted by Crippen LogP contribution is -1.91. The molecule has 112 valence electrons. The largest absolute Gasteiger partial charge is 0.504 e. The van der Waals surface area contributed by atoms with E-state index in [1.54, 1.807) is 13.0 Å². The topological polar surface area (TPSA) is 62.3 Å². The first-order chi connectivity index (χ1) is 9.54. The summed E-state index contributed by atoms with van der Waals surface area (Å²) in [5.41, 5.74) is 1.88. The highest BCUT2D eigenvalue weighted by Crippen LogP contribution is 2.37. The van der Waals surface area contributed by atoms with Crippen LogP contribution in [0.2, 0.25) is 0 Å². The third-order valence-corrected chi connectivity index (χ3v) is 2.62. The quantitative estimate of drug-likeness (QED) is 0.798. The van der Waals surface area contributed by atoms with Gasteiger partial charge in [-0.3, -0.25) is 4.79 Å². The molecular weight excluding hydrogens is 254 g/mol. The molecular formula is C16H25NO3. The summed E-state index contributed by atoms with van der Waals surface area (Å²) in [5.74, 6) is 0.435. The second-order valence-corrected chi connectivity index (χ2v) is 3.78. The molecule has 0 amide bonds. The molecule has 2 N–H and O–H groups in total. The van der Waals surface area contributed by atoms with Crippen molar-refractivity contribution in [2.24, 2.45) is 0 Å². The molecule has 0 saturated heterocycles. The van der Waals surface area contributed by atoms with E-state index in [0.29, 0.717) is 17.0 Å². The molecule has 0 fully saturated rings. The number of hydrogen-bond donors (Lipinski definition) is 2. The third kappa shape index (κ3) is 3.53. The number of ether oxygens (including phenoxy) is 1. The van der Waals surface area contributed by atoms with Gasteiger partial charge in [0.25, 0.3) is 0 Å². The van der Waals surface area contributed by atoms with Crippen molar-refractivity contribution >= 4 is 16.7 Å². The van der Waals surface area contributed by atoms with Crippen LogP contribution in [-0.2, 0) is 0 Å². The van der Waals surface area contributed by atoms with Crippen LogP contribution in [0.3, 0.4) is 0 Å². The Morgan fingerprint density at radius 1 is 1.20 bits per heavy atom. The van der Waals surface area contributed by atoms with E-state index < -0.39 is 0 Å². The predicted molar refractivity (Wildman–Crippen MR) is 84.0 cm³/mol. The van der Waals surface area contributed by atoms with E-state index in [1.807, 2.05) is 33.8 Å². The monoisotopic (exact) mass is 279 g/mol. The summed E-state index contributed by atoms with van der Waals surface area (Å²) in [6.45, 7) is 11.3. The van der Waals surface area contributed by atoms with Crippen molar-refractivity contribution in [3.8, 4) is 11.5 Å². The maximum atomic E-state index is 11.2. The van der Waals surface area contributed by atoms with Crippen molar-refractivity contribution < 1.29 is 14.6 Å². The zero-order valence-electron chi connectivity index (χ0n) is 13.4. The van der Waals surface area contributed by atoms with E-state index >= 15 is 0 Å². The maximum absolute atomic E-state index is 11.2. The van der Waals surface area contributed by atoms with Crippen LogP contribution < -0.4 is 4.74 Å². The number of H-pyrrole nitrogens is 1. The summed E-state index contributed by atoms with van der Waals surface area (Å²) in [6, 6.07) is 3.57. The van der Waals surface area contributed by atoms with E-state index in [-0.39, 0.29) is 11.5 Å². The zero-order valence-corrected chi connectivity index (χ0v) is 13.4. The van der Waals surface area contributed by atoms with Crippen LogP contribution in [0.4, 0.5) is 0 Å². The normalized spacial score (nSPS) is 9.15. The number of hydrogen-bond acceptors (Lipinski definition) is 3. The van der Waals surface area contributed by atoms with Gasteiger partial charge in [-0.25, -0.2) is 0 Å². The molecule has 1 aromatic carbocycles. The van der Waals surface area contributed by atoms with Crippen molar-refractivity contribution in [3.63, 3.8) is 0 Å². The van der Waals surface area contributed by atoms with E-state index in [4.69, 9.17) is 4.74 Å². The number of benzene rings is 1. The second-order valence-electron chi connectivity index (χ2n) is 3.78. The summed E-state index contributed by atoms with van der Waals surface area (Å²) in [6.07, 6.45) is 0. The van der Waals surface area contributed by atoms with Gasteiger partial charge in [0.2, 0.25) is 0 Å². The smallest absolute Gasteiger partial charge is 0.184 e. The fraction of sp³-hybridized carbons (Fsp3) is 0.438. The fourth-order valence-electron chi connectivity index (χ4n) is 1.76. The number of ketones is 1. The number of Topliss-reactive ketones (excluding diaryl/α,β-unsaturated/α-hetero) is 1. The molecule has 2 aromatic rings. The second kappa shape index (κ2) is 8.25. The Hall–Kier alpha value is -1.97. The third-order valence-electron chi connectivity index (χ3n) is 2.62. The van der Waals surface area contributed by atoms with Gasteiger partial charge in [-0.2, -0.15) is 0 Å². The van der Waals surface area contributed by atoms with E-state index in [1.165, 1.54) is 14.0 Å². The number of aryl methyl sites for hydroxylation is 1. The summed E-state index contributed by atoms with van der Waals surface area (Å²) in [7, 11) is 1.49. The number of fused-ring (bicyclic) bond motifs is 1. The molecule has 0 unspecified atom stereocenters. The van der Waals surface area contributed by atoms with Gasteiger partial charge >= 0.3 is 0 Å². The number of phenolic OH excluding ortho intramolecular Hbond substituents is 1. The molecule has 0 aliphatic carbocycles. The van der Waals surface area contributed by atoms with Gasteiger partial charge in [-0.05, 0) is 24.6 Å². The highest BCUT2D eigenvalue weighted by molar-refractivity contribution is 6.00. The lowest BCUT2D eigenvalue weighted by Gasteiger charge is -2.07. The number of nitrogens with one attached hydrogen (secondary N) is 1. The average molecular weight is 279 g/mol. The standard InChI is InChI=1S/C12H13NO3.2C2H6/c1-6-4-8-5-9(7(2)14)13-10(8)12(16-3)11(6)15;2*1-2/h4-5,13,15H,1-3H3;2*1-2H3. The molecule has 0 saturated carbocycles. The average Bonchev–Trinajstić information content (AvgIpc) is 2.88. The molecule has 0 spiro atoms. The van der Waals surface area contributed by atoms with Gasteiger partial charge in [0, 0.05) is 12.3 Å². The van der Waals surface area contributed by atoms with Crippen LogP contribution in [0.1, 0.15) is 50.7 Å². The first-order valence-corrected chi connectivity index (χ1v) is 6.94. The highest BCUT2D eigenvalue weighted by atomic mass is 16.5. The molecule has 0 bridgehead atoms. The first kappa shape index (κ1) is 18.0. The first-order valence-electron chi connectivity index (χ1n) is 6.94. The number of phenols is 1. The minimum atomic E-state index is -0.0459. The van der Waals surface area contributed by atoms with Gasteiger partial charge < -0.3 is 14.8 Å². The number of aromatic nitrogens is 1. The lowest BCUT2D eigenvalue weighted by atomic mass is 10.1. The number of aromatic hydroxyl groups is 1. The highest BCUT2D eigenvalue weighted by Gasteiger charge is 2.14. The molecule has 1 heterocycles. The zero-order chi connectivity index (χ0) is 15.9. The number of methoxy groups -OCH3 is 1. The Kier molecular flexibility index (Phi) is 7.44. The lowest BCUT2D eigenvalue weighted by molar-refractivity contribution is 0.101. The summed E-state index contributed by atoms with van der Waals surface area (Å²) in [4.78, 5) is 14.2. The molecule has 20 heavy (non-hydrogen) atoms. The Morgan fingerprint density at radius 3 is 2.20 bits per heavy atom. The van der Waals surface area contributed by atoms with Gasteiger partial charge in [0.05, 0.1) is 18.3 Å². The van der Waals surface area contributed by atoms with Gasteiger partial charge in [-0.1, -0.05) is 27.7 Å². The van der Waals surface area contributed by atoms with Crippen LogP contribution in [0.5, 0.6) is 11.5 Å². The summed E-state index contributed by atoms with van der Waals surface area (Å²) in [5, 5.41) is 10.7. The Bertz CT molecular complexity index is 571. The Balaban J connectivity index is 0.000000829. The molecule has 4 nitrogen and oxygen atoms in total. The minimum Gasteiger partial charge on any atom is -0.504 e. The van der Waals surface area contributed by atoms with Crippen LogP contribution in [0.15, 0.2) is 12.1 Å². The van der Waals surface area contributed by atoms with E-state index in [2.05, 4.69) is 4.98 Å². The van der Waals surface area contributed by atoms with Crippen molar-refractivity contribution in [1.82, 2.24) is 4.98 Å². The van der Waals surface area contributed by atoms with Crippen molar-refractivity contribution in [2.75, 3.05) is 7.11 Å². The summed E-state index contributed by atoms with van der Waals surface area (Å²) < 4.78 is 5.14. The predicted octanol–water partition coefficient (Wildman–Crippen LogP) is 4.45. The van der Waals surface area contributed by atoms with Crippen molar-refractivity contribution in [3.05, 3.63) is 23.4 Å². The molecule has 0 radical (unpaired) electrons. The SMILES string of the molecule is CC.CC.COc1c(O)c(C)cc2cc(C(C)=O)[nH]c12. The van der Waals surface area contributed by atoms with E-state index in [9.17, 15) is 9.90 Å². The molecule has 0 aliphatic rings. The van der Waals surface area contributed by atoms with Gasteiger partial charge in [0.15, 0.2) is 17.3 Å². The molecule has 0 atom stereocenters. The van der Waals surface area contributed by atoms with Crippen LogP contribution >= 0.6 is 0 Å². The van der Waals surface area contributed by atoms with Crippen molar-refractivity contribution in [1.29, 1.82) is 0 Å². The number of carbonyl (C=O) groups is 1. The molecule has 1 aromatic heterocycles. The van der Waals surface area contributed by atoms with Crippen LogP contribution in [0.25, 0.3) is 10.9 Å². The number of aromatic amines is 1. The molecule has 0 aliphatic heterocycles. The van der Waals surface area contributed by atoms with Crippen LogP contribution in [0, 0.1) is 6.92 Å². The summed E-state index contributed by atoms with van der Waals surface area (Å²) >= 11 is 0. The fourth-order valence-corrected chi connectivity index (χ4v) is 1.76. The van der Waals surface area contributed by atoms with Gasteiger partial charge in [0.1, 0.15) is 0 Å². The van der Waals surface area contributed by atoms with E-state index in [0.717, 1.165) is 10.9 Å². The van der Waals surface area contributed by atoms with Crippen molar-refractivity contribution in [2.45, 2.75) is 41.5 Å². The van der Waals surface area contributed by atoms with Gasteiger partial charge in [-0.15, -0.1) is 0 Å². The number of carbonyl (C=O) groups excluding carboxylic acids is 1. The Labute approximate surface area is 120 Å². The Morgan fingerprint density at radius 2 is 1.75 bits per heavy atom. The van der Waals surface area contributed by atoms with Crippen LogP contribution in [-0.4, -0.2) is 23.0 Å². The molecule has 4 heteroatoms. The molecule has 2 rings (SSSR count). The number of rotatable bonds is 2.